The van der Waals surface area contributed by atoms with Gasteiger partial charge in [0.2, 0.25) is 0 Å². The molecule has 0 aliphatic heterocycles. The van der Waals surface area contributed by atoms with Crippen LogP contribution in [0.2, 0.25) is 10.0 Å². The van der Waals surface area contributed by atoms with Gasteiger partial charge in [-0.15, -0.1) is 11.3 Å². The zero-order valence-corrected chi connectivity index (χ0v) is 10.6. The summed E-state index contributed by atoms with van der Waals surface area (Å²) < 4.78 is 0. The first kappa shape index (κ1) is 11.9. The standard InChI is InChI=1S/C11H9Cl2NOS/c12-7-2-1-3-8(13)11(7)9(15)6-10-14-4-5-16-10/h1-5,9,15H,6H2. The third kappa shape index (κ3) is 2.55. The van der Waals surface area contributed by atoms with Crippen molar-refractivity contribution >= 4 is 34.5 Å². The molecule has 1 heterocycles. The van der Waals surface area contributed by atoms with E-state index in [1.165, 1.54) is 11.3 Å². The number of benzene rings is 1. The van der Waals surface area contributed by atoms with Gasteiger partial charge in [0, 0.05) is 33.6 Å². The van der Waals surface area contributed by atoms with E-state index in [0.29, 0.717) is 22.0 Å². The van der Waals surface area contributed by atoms with Crippen LogP contribution in [0.4, 0.5) is 0 Å². The Hall–Kier alpha value is -0.610. The molecular formula is C11H9Cl2NOS. The molecule has 0 spiro atoms. The number of aromatic nitrogens is 1. The van der Waals surface area contributed by atoms with Gasteiger partial charge in [0.1, 0.15) is 0 Å². The minimum Gasteiger partial charge on any atom is -0.388 e. The van der Waals surface area contributed by atoms with Crippen molar-refractivity contribution in [3.05, 3.63) is 50.4 Å². The van der Waals surface area contributed by atoms with Crippen LogP contribution in [0.1, 0.15) is 16.7 Å². The van der Waals surface area contributed by atoms with Gasteiger partial charge in [-0.2, -0.15) is 0 Å². The van der Waals surface area contributed by atoms with Crippen LogP contribution in [0.5, 0.6) is 0 Å². The van der Waals surface area contributed by atoms with Gasteiger partial charge in [0.15, 0.2) is 0 Å². The lowest BCUT2D eigenvalue weighted by atomic mass is 10.1. The Kier molecular flexibility index (Phi) is 3.82. The van der Waals surface area contributed by atoms with Crippen molar-refractivity contribution in [3.63, 3.8) is 0 Å². The molecule has 2 nitrogen and oxygen atoms in total. The van der Waals surface area contributed by atoms with Crippen molar-refractivity contribution < 1.29 is 5.11 Å². The number of halogens is 2. The van der Waals surface area contributed by atoms with Gasteiger partial charge in [-0.25, -0.2) is 4.98 Å². The molecule has 1 N–H and O–H groups in total. The number of aliphatic hydroxyl groups is 1. The SMILES string of the molecule is OC(Cc1nccs1)c1c(Cl)cccc1Cl. The molecule has 1 atom stereocenters. The van der Waals surface area contributed by atoms with Crippen molar-refractivity contribution in [1.82, 2.24) is 4.98 Å². The van der Waals surface area contributed by atoms with E-state index in [1.807, 2.05) is 5.38 Å². The molecule has 5 heteroatoms. The van der Waals surface area contributed by atoms with E-state index in [9.17, 15) is 5.11 Å². The van der Waals surface area contributed by atoms with Crippen molar-refractivity contribution in [2.45, 2.75) is 12.5 Å². The Balaban J connectivity index is 2.24. The minimum absolute atomic E-state index is 0.432. The molecule has 1 unspecified atom stereocenters. The number of thiazole rings is 1. The summed E-state index contributed by atoms with van der Waals surface area (Å²) in [6.07, 6.45) is 1.43. The smallest absolute Gasteiger partial charge is 0.0954 e. The molecule has 0 radical (unpaired) electrons. The Morgan fingerprint density at radius 1 is 1.31 bits per heavy atom. The summed E-state index contributed by atoms with van der Waals surface area (Å²) in [7, 11) is 0. The zero-order chi connectivity index (χ0) is 11.5. The summed E-state index contributed by atoms with van der Waals surface area (Å²) in [5, 5.41) is 13.8. The molecule has 0 saturated heterocycles. The quantitative estimate of drug-likeness (QED) is 0.925. The summed E-state index contributed by atoms with van der Waals surface area (Å²) >= 11 is 13.5. The Morgan fingerprint density at radius 2 is 2.00 bits per heavy atom. The molecule has 0 fully saturated rings. The molecule has 0 aliphatic rings. The van der Waals surface area contributed by atoms with E-state index in [1.54, 1.807) is 24.4 Å². The van der Waals surface area contributed by atoms with Gasteiger partial charge in [0.25, 0.3) is 0 Å². The average Bonchev–Trinajstić information content (AvgIpc) is 2.70. The number of aliphatic hydroxyl groups excluding tert-OH is 1. The number of nitrogens with zero attached hydrogens (tertiary/aromatic N) is 1. The van der Waals surface area contributed by atoms with Crippen LogP contribution in [0.25, 0.3) is 0 Å². The molecule has 84 valence electrons. The average molecular weight is 274 g/mol. The summed E-state index contributed by atoms with van der Waals surface area (Å²) in [4.78, 5) is 4.11. The van der Waals surface area contributed by atoms with Gasteiger partial charge in [-0.05, 0) is 12.1 Å². The molecule has 2 aromatic rings. The molecular weight excluding hydrogens is 265 g/mol. The van der Waals surface area contributed by atoms with Crippen molar-refractivity contribution in [2.24, 2.45) is 0 Å². The van der Waals surface area contributed by atoms with Gasteiger partial charge in [-0.1, -0.05) is 29.3 Å². The monoisotopic (exact) mass is 273 g/mol. The molecule has 0 bridgehead atoms. The highest BCUT2D eigenvalue weighted by atomic mass is 35.5. The number of hydrogen-bond acceptors (Lipinski definition) is 3. The second kappa shape index (κ2) is 5.15. The zero-order valence-electron chi connectivity index (χ0n) is 8.23. The minimum atomic E-state index is -0.715. The van der Waals surface area contributed by atoms with Gasteiger partial charge in [-0.3, -0.25) is 0 Å². The first-order valence-corrected chi connectivity index (χ1v) is 6.32. The number of rotatable bonds is 3. The molecule has 16 heavy (non-hydrogen) atoms. The lowest BCUT2D eigenvalue weighted by Gasteiger charge is -2.12. The molecule has 0 saturated carbocycles. The summed E-state index contributed by atoms with van der Waals surface area (Å²) in [6, 6.07) is 5.19. The highest BCUT2D eigenvalue weighted by Gasteiger charge is 2.16. The maximum atomic E-state index is 10.1. The van der Waals surface area contributed by atoms with E-state index >= 15 is 0 Å². The van der Waals surface area contributed by atoms with E-state index in [-0.39, 0.29) is 0 Å². The van der Waals surface area contributed by atoms with Crippen LogP contribution in [0.15, 0.2) is 29.8 Å². The fourth-order valence-electron chi connectivity index (χ4n) is 1.45. The van der Waals surface area contributed by atoms with E-state index < -0.39 is 6.10 Å². The lowest BCUT2D eigenvalue weighted by Crippen LogP contribution is -2.03. The van der Waals surface area contributed by atoms with Crippen LogP contribution >= 0.6 is 34.5 Å². The van der Waals surface area contributed by atoms with Gasteiger partial charge < -0.3 is 5.11 Å². The van der Waals surface area contributed by atoms with E-state index in [2.05, 4.69) is 4.98 Å². The molecule has 0 amide bonds. The largest absolute Gasteiger partial charge is 0.388 e. The Morgan fingerprint density at radius 3 is 2.56 bits per heavy atom. The van der Waals surface area contributed by atoms with Crippen LogP contribution in [0, 0.1) is 0 Å². The normalized spacial score (nSPS) is 12.7. The highest BCUT2D eigenvalue weighted by Crippen LogP contribution is 2.32. The van der Waals surface area contributed by atoms with Crippen LogP contribution in [0.3, 0.4) is 0 Å². The fourth-order valence-corrected chi connectivity index (χ4v) is 2.75. The predicted molar refractivity (Wildman–Crippen MR) is 67.2 cm³/mol. The van der Waals surface area contributed by atoms with Gasteiger partial charge in [0.05, 0.1) is 11.1 Å². The van der Waals surface area contributed by atoms with Crippen LogP contribution < -0.4 is 0 Å². The molecule has 0 aliphatic carbocycles. The maximum Gasteiger partial charge on any atom is 0.0954 e. The summed E-state index contributed by atoms with van der Waals surface area (Å²) in [6.45, 7) is 0. The fraction of sp³-hybridized carbons (Fsp3) is 0.182. The van der Waals surface area contributed by atoms with Gasteiger partial charge >= 0.3 is 0 Å². The summed E-state index contributed by atoms with van der Waals surface area (Å²) in [5.41, 5.74) is 0.570. The predicted octanol–water partition coefficient (Wildman–Crippen LogP) is 3.73. The summed E-state index contributed by atoms with van der Waals surface area (Å²) in [5.74, 6) is 0. The first-order valence-electron chi connectivity index (χ1n) is 4.69. The Bertz CT molecular complexity index is 453. The van der Waals surface area contributed by atoms with Crippen molar-refractivity contribution in [2.75, 3.05) is 0 Å². The molecule has 2 rings (SSSR count). The third-order valence-electron chi connectivity index (χ3n) is 2.18. The second-order valence-corrected chi connectivity index (χ2v) is 5.07. The van der Waals surface area contributed by atoms with Crippen LogP contribution in [-0.4, -0.2) is 10.1 Å². The van der Waals surface area contributed by atoms with E-state index in [0.717, 1.165) is 5.01 Å². The Labute approximate surface area is 107 Å². The topological polar surface area (TPSA) is 33.1 Å². The third-order valence-corrected chi connectivity index (χ3v) is 3.65. The molecule has 1 aromatic heterocycles. The lowest BCUT2D eigenvalue weighted by molar-refractivity contribution is 0.178. The maximum absolute atomic E-state index is 10.1. The molecule has 1 aromatic carbocycles. The van der Waals surface area contributed by atoms with Crippen LogP contribution in [-0.2, 0) is 6.42 Å². The highest BCUT2D eigenvalue weighted by molar-refractivity contribution is 7.09. The van der Waals surface area contributed by atoms with Crippen molar-refractivity contribution in [3.8, 4) is 0 Å². The van der Waals surface area contributed by atoms with Crippen molar-refractivity contribution in [1.29, 1.82) is 0 Å². The second-order valence-electron chi connectivity index (χ2n) is 3.28. The first-order chi connectivity index (χ1) is 7.68. The van der Waals surface area contributed by atoms with E-state index in [4.69, 9.17) is 23.2 Å². The number of hydrogen-bond donors (Lipinski definition) is 1.